The van der Waals surface area contributed by atoms with Crippen molar-refractivity contribution in [2.75, 3.05) is 18.6 Å². The van der Waals surface area contributed by atoms with E-state index in [1.54, 1.807) is 0 Å². The van der Waals surface area contributed by atoms with Crippen LogP contribution >= 0.6 is 10.8 Å². The molecule has 1 aliphatic heterocycles. The van der Waals surface area contributed by atoms with Crippen molar-refractivity contribution < 1.29 is 17.5 Å². The fourth-order valence-electron chi connectivity index (χ4n) is 2.43. The van der Waals surface area contributed by atoms with Gasteiger partial charge in [0.15, 0.2) is 0 Å². The summed E-state index contributed by atoms with van der Waals surface area (Å²) in [6.45, 7) is 0. The van der Waals surface area contributed by atoms with Crippen molar-refractivity contribution in [2.24, 2.45) is 11.8 Å². The molecule has 88 valence electrons. The Morgan fingerprint density at radius 3 is 2.73 bits per heavy atom. The number of ether oxygens (including phenoxy) is 1. The van der Waals surface area contributed by atoms with Crippen molar-refractivity contribution in [3.05, 3.63) is 0 Å². The second-order valence-electron chi connectivity index (χ2n) is 4.29. The highest BCUT2D eigenvalue weighted by molar-refractivity contribution is 8.72. The quantitative estimate of drug-likeness (QED) is 0.664. The molecule has 0 aromatic rings. The minimum atomic E-state index is -2.96. The number of fused-ring (bicyclic) bond motifs is 1. The van der Waals surface area contributed by atoms with Gasteiger partial charge in [0.25, 0.3) is 0 Å². The first kappa shape index (κ1) is 11.7. The smallest absolute Gasteiger partial charge is 0.201 e. The van der Waals surface area contributed by atoms with Crippen LogP contribution < -0.4 is 0 Å². The summed E-state index contributed by atoms with van der Waals surface area (Å²) in [5, 5.41) is 0. The lowest BCUT2D eigenvalue weighted by Gasteiger charge is -2.39. The van der Waals surface area contributed by atoms with Crippen LogP contribution in [0.3, 0.4) is 0 Å². The summed E-state index contributed by atoms with van der Waals surface area (Å²) in [5.74, 6) is 1.03. The molecule has 1 saturated carbocycles. The molecule has 0 spiro atoms. The lowest BCUT2D eigenvalue weighted by molar-refractivity contribution is -0.0244. The van der Waals surface area contributed by atoms with Crippen LogP contribution in [0.15, 0.2) is 0 Å². The molecule has 1 saturated heterocycles. The van der Waals surface area contributed by atoms with Crippen molar-refractivity contribution in [1.82, 2.24) is 0 Å². The van der Waals surface area contributed by atoms with Crippen molar-refractivity contribution in [3.63, 3.8) is 0 Å². The largest absolute Gasteiger partial charge is 0.378 e. The van der Waals surface area contributed by atoms with Crippen LogP contribution in [0.1, 0.15) is 12.8 Å². The summed E-state index contributed by atoms with van der Waals surface area (Å²) < 4.78 is 41.4. The summed E-state index contributed by atoms with van der Waals surface area (Å²) in [6, 6.07) is 0. The van der Waals surface area contributed by atoms with E-state index in [-0.39, 0.29) is 17.6 Å². The van der Waals surface area contributed by atoms with E-state index in [0.29, 0.717) is 18.6 Å². The number of alkyl halides is 1. The van der Waals surface area contributed by atoms with E-state index in [4.69, 9.17) is 4.74 Å². The average Bonchev–Trinajstić information content (AvgIpc) is 2.17. The Hall–Kier alpha value is 0.190. The standard InChI is InChI=1S/C9H15FO3S2/c1-13-9-3-7-5-15(11,12)14-4-6(7)2-8(9)10/h6-9H,2-5H2,1H3/t6-,7-,8+,9+/m1/s1. The summed E-state index contributed by atoms with van der Waals surface area (Å²) in [6.07, 6.45) is -0.351. The number of methoxy groups -OCH3 is 1. The van der Waals surface area contributed by atoms with Gasteiger partial charge in [-0.05, 0) is 35.5 Å². The third kappa shape index (κ3) is 2.47. The zero-order valence-corrected chi connectivity index (χ0v) is 10.2. The molecule has 3 nitrogen and oxygen atoms in total. The van der Waals surface area contributed by atoms with Crippen molar-refractivity contribution in [3.8, 4) is 0 Å². The number of hydrogen-bond acceptors (Lipinski definition) is 4. The van der Waals surface area contributed by atoms with Gasteiger partial charge in [-0.3, -0.25) is 0 Å². The van der Waals surface area contributed by atoms with Gasteiger partial charge in [0.1, 0.15) is 6.17 Å². The molecule has 0 bridgehead atoms. The first-order chi connectivity index (χ1) is 7.02. The van der Waals surface area contributed by atoms with E-state index in [0.717, 1.165) is 10.8 Å². The molecule has 2 fully saturated rings. The van der Waals surface area contributed by atoms with Gasteiger partial charge in [0.2, 0.25) is 8.87 Å². The van der Waals surface area contributed by atoms with Crippen LogP contribution in [0.5, 0.6) is 0 Å². The zero-order valence-electron chi connectivity index (χ0n) is 8.56. The molecule has 0 aromatic heterocycles. The SMILES string of the molecule is CO[C@H]1C[C@@H]2CS(=O)(=O)SC[C@H]2C[C@@H]1F. The van der Waals surface area contributed by atoms with Gasteiger partial charge >= 0.3 is 0 Å². The van der Waals surface area contributed by atoms with Gasteiger partial charge in [-0.15, -0.1) is 0 Å². The number of hydrogen-bond donors (Lipinski definition) is 0. The summed E-state index contributed by atoms with van der Waals surface area (Å²) in [5.41, 5.74) is 0. The van der Waals surface area contributed by atoms with E-state index in [1.165, 1.54) is 7.11 Å². The van der Waals surface area contributed by atoms with E-state index in [1.807, 2.05) is 0 Å². The maximum atomic E-state index is 13.5. The van der Waals surface area contributed by atoms with Crippen molar-refractivity contribution in [2.45, 2.75) is 25.1 Å². The Balaban J connectivity index is 2.08. The van der Waals surface area contributed by atoms with Gasteiger partial charge in [-0.25, -0.2) is 12.8 Å². The third-order valence-electron chi connectivity index (χ3n) is 3.32. The van der Waals surface area contributed by atoms with Crippen LogP contribution in [-0.2, 0) is 13.6 Å². The minimum absolute atomic E-state index is 0.0909. The van der Waals surface area contributed by atoms with Gasteiger partial charge in [0, 0.05) is 12.9 Å². The molecule has 2 rings (SSSR count). The van der Waals surface area contributed by atoms with Gasteiger partial charge in [-0.1, -0.05) is 0 Å². The van der Waals surface area contributed by atoms with E-state index >= 15 is 0 Å². The predicted octanol–water partition coefficient (Wildman–Crippen LogP) is 1.44. The Morgan fingerprint density at radius 1 is 1.33 bits per heavy atom. The first-order valence-corrected chi connectivity index (χ1v) is 8.21. The minimum Gasteiger partial charge on any atom is -0.378 e. The Morgan fingerprint density at radius 2 is 2.07 bits per heavy atom. The normalized spacial score (nSPS) is 44.7. The van der Waals surface area contributed by atoms with Gasteiger partial charge in [-0.2, -0.15) is 0 Å². The summed E-state index contributed by atoms with van der Waals surface area (Å²) in [4.78, 5) is 0. The van der Waals surface area contributed by atoms with Crippen LogP contribution in [0.4, 0.5) is 4.39 Å². The lowest BCUT2D eigenvalue weighted by atomic mass is 9.79. The second kappa shape index (κ2) is 4.22. The van der Waals surface area contributed by atoms with Gasteiger partial charge in [0.05, 0.1) is 11.9 Å². The summed E-state index contributed by atoms with van der Waals surface area (Å²) >= 11 is 0. The molecular formula is C9H15FO3S2. The fourth-order valence-corrected chi connectivity index (χ4v) is 6.20. The molecule has 0 N–H and O–H groups in total. The third-order valence-corrected chi connectivity index (χ3v) is 6.97. The molecule has 0 unspecified atom stereocenters. The monoisotopic (exact) mass is 254 g/mol. The number of rotatable bonds is 1. The van der Waals surface area contributed by atoms with E-state index in [9.17, 15) is 12.8 Å². The second-order valence-corrected chi connectivity index (χ2v) is 8.54. The molecule has 0 aromatic carbocycles. The zero-order chi connectivity index (χ0) is 11.1. The molecule has 4 atom stereocenters. The maximum absolute atomic E-state index is 13.5. The molecule has 2 aliphatic rings. The molecule has 15 heavy (non-hydrogen) atoms. The average molecular weight is 254 g/mol. The van der Waals surface area contributed by atoms with Crippen molar-refractivity contribution >= 4 is 19.7 Å². The van der Waals surface area contributed by atoms with Crippen molar-refractivity contribution in [1.29, 1.82) is 0 Å². The topological polar surface area (TPSA) is 43.4 Å². The highest BCUT2D eigenvalue weighted by atomic mass is 33.1. The molecule has 0 amide bonds. The van der Waals surface area contributed by atoms with Gasteiger partial charge < -0.3 is 4.74 Å². The molecule has 0 radical (unpaired) electrons. The maximum Gasteiger partial charge on any atom is 0.201 e. The highest BCUT2D eigenvalue weighted by Gasteiger charge is 2.42. The van der Waals surface area contributed by atoms with Crippen LogP contribution in [0, 0.1) is 11.8 Å². The summed E-state index contributed by atoms with van der Waals surface area (Å²) in [7, 11) is -0.492. The lowest BCUT2D eigenvalue weighted by Crippen LogP contribution is -2.43. The van der Waals surface area contributed by atoms with Crippen LogP contribution in [0.2, 0.25) is 0 Å². The molecule has 1 aliphatic carbocycles. The molecule has 1 heterocycles. The molecule has 6 heteroatoms. The fraction of sp³-hybridized carbons (Fsp3) is 1.00. The van der Waals surface area contributed by atoms with E-state index in [2.05, 4.69) is 0 Å². The number of halogens is 1. The molecular weight excluding hydrogens is 239 g/mol. The Labute approximate surface area is 93.1 Å². The Kier molecular flexibility index (Phi) is 3.28. The Bertz CT molecular complexity index is 330. The van der Waals surface area contributed by atoms with Crippen LogP contribution in [-0.4, -0.2) is 39.3 Å². The van der Waals surface area contributed by atoms with Crippen LogP contribution in [0.25, 0.3) is 0 Å². The predicted molar refractivity (Wildman–Crippen MR) is 58.2 cm³/mol. The highest BCUT2D eigenvalue weighted by Crippen LogP contribution is 2.41. The van der Waals surface area contributed by atoms with E-state index < -0.39 is 21.1 Å². The first-order valence-electron chi connectivity index (χ1n) is 5.06.